The third kappa shape index (κ3) is 2.14. The van der Waals surface area contributed by atoms with Gasteiger partial charge in [0.05, 0.1) is 13.1 Å². The number of piperidine rings is 3. The lowest BCUT2D eigenvalue weighted by atomic mass is 9.78. The van der Waals surface area contributed by atoms with Crippen LogP contribution in [0, 0.1) is 5.92 Å². The molecule has 3 saturated heterocycles. The average Bonchev–Trinajstić information content (AvgIpc) is 2.98. The number of carbonyl (C=O) groups is 1. The minimum absolute atomic E-state index is 0.0775. The summed E-state index contributed by atoms with van der Waals surface area (Å²) < 4.78 is 1.07. The molecule has 4 nitrogen and oxygen atoms in total. The minimum atomic E-state index is 0.0775. The number of halogens is 1. The fraction of sp³-hybridized carbons (Fsp3) is 0.529. The molecule has 1 aromatic rings. The van der Waals surface area contributed by atoms with Crippen LogP contribution in [0.4, 0.5) is 0 Å². The van der Waals surface area contributed by atoms with Crippen molar-refractivity contribution in [3.05, 3.63) is 34.3 Å². The van der Waals surface area contributed by atoms with Crippen molar-refractivity contribution in [3.63, 3.8) is 0 Å². The van der Waals surface area contributed by atoms with E-state index in [1.807, 2.05) is 6.92 Å². The van der Waals surface area contributed by atoms with Gasteiger partial charge < -0.3 is 4.90 Å². The fourth-order valence-electron chi connectivity index (χ4n) is 4.28. The molecule has 4 heterocycles. The van der Waals surface area contributed by atoms with E-state index in [2.05, 4.69) is 40.2 Å². The second kappa shape index (κ2) is 5.46. The molecule has 0 unspecified atom stereocenters. The number of nitrogens with one attached hydrogen (secondary N) is 1. The van der Waals surface area contributed by atoms with Gasteiger partial charge in [0.15, 0.2) is 6.04 Å². The first-order valence-electron chi connectivity index (χ1n) is 8.19. The summed E-state index contributed by atoms with van der Waals surface area (Å²) in [5, 5.41) is 6.60. The number of fused-ring (bicyclic) bond motifs is 2. The van der Waals surface area contributed by atoms with Gasteiger partial charge in [-0.2, -0.15) is 5.10 Å². The molecule has 0 radical (unpaired) electrons. The minimum Gasteiger partial charge on any atom is -0.326 e. The Labute approximate surface area is 139 Å². The summed E-state index contributed by atoms with van der Waals surface area (Å²) in [6.45, 7) is 4.36. The SMILES string of the molecule is CCC(=O)N1N=C2C3CC[NH+](CC3)[C@H]2[C@@H]1c1ccc(Br)cc1. The Bertz CT molecular complexity index is 619. The van der Waals surface area contributed by atoms with E-state index in [1.54, 1.807) is 9.91 Å². The average molecular weight is 363 g/mol. The van der Waals surface area contributed by atoms with Gasteiger partial charge in [-0.3, -0.25) is 4.79 Å². The monoisotopic (exact) mass is 362 g/mol. The summed E-state index contributed by atoms with van der Waals surface area (Å²) >= 11 is 3.50. The number of hydrazone groups is 1. The Morgan fingerprint density at radius 3 is 2.64 bits per heavy atom. The van der Waals surface area contributed by atoms with Crippen molar-refractivity contribution in [1.82, 2.24) is 5.01 Å². The molecule has 1 aromatic carbocycles. The summed E-state index contributed by atoms with van der Waals surface area (Å²) in [6, 6.07) is 8.83. The molecule has 0 aromatic heterocycles. The summed E-state index contributed by atoms with van der Waals surface area (Å²) in [5.41, 5.74) is 2.48. The first-order valence-corrected chi connectivity index (χ1v) is 8.99. The Morgan fingerprint density at radius 2 is 2.00 bits per heavy atom. The molecular weight excluding hydrogens is 342 g/mol. The Kier molecular flexibility index (Phi) is 3.57. The molecule has 4 aliphatic heterocycles. The fourth-order valence-corrected chi connectivity index (χ4v) is 4.55. The number of carbonyl (C=O) groups excluding carboxylic acids is 1. The molecule has 116 valence electrons. The van der Waals surface area contributed by atoms with E-state index >= 15 is 0 Å². The number of quaternary nitrogens is 1. The van der Waals surface area contributed by atoms with E-state index in [9.17, 15) is 4.79 Å². The molecule has 0 saturated carbocycles. The lowest BCUT2D eigenvalue weighted by molar-refractivity contribution is -0.927. The largest absolute Gasteiger partial charge is 0.326 e. The summed E-state index contributed by atoms with van der Waals surface area (Å²) in [7, 11) is 0. The number of hydrogen-bond acceptors (Lipinski definition) is 2. The van der Waals surface area contributed by atoms with Gasteiger partial charge in [-0.15, -0.1) is 0 Å². The molecule has 2 bridgehead atoms. The van der Waals surface area contributed by atoms with Crippen LogP contribution in [0.3, 0.4) is 0 Å². The maximum Gasteiger partial charge on any atom is 0.243 e. The van der Waals surface area contributed by atoms with Gasteiger partial charge >= 0.3 is 0 Å². The van der Waals surface area contributed by atoms with E-state index in [4.69, 9.17) is 5.10 Å². The van der Waals surface area contributed by atoms with E-state index in [1.165, 1.54) is 37.2 Å². The van der Waals surface area contributed by atoms with Crippen LogP contribution < -0.4 is 4.90 Å². The maximum atomic E-state index is 12.4. The Hall–Kier alpha value is -1.20. The van der Waals surface area contributed by atoms with Gasteiger partial charge in [0.1, 0.15) is 11.8 Å². The maximum absolute atomic E-state index is 12.4. The van der Waals surface area contributed by atoms with Crippen LogP contribution >= 0.6 is 15.9 Å². The topological polar surface area (TPSA) is 37.1 Å². The van der Waals surface area contributed by atoms with Crippen LogP contribution in [-0.4, -0.2) is 35.8 Å². The molecule has 1 N–H and O–H groups in total. The number of nitrogens with zero attached hydrogens (tertiary/aromatic N) is 2. The second-order valence-electron chi connectivity index (χ2n) is 6.52. The first-order chi connectivity index (χ1) is 10.7. The van der Waals surface area contributed by atoms with Gasteiger partial charge in [0.25, 0.3) is 0 Å². The van der Waals surface area contributed by atoms with Gasteiger partial charge in [0.2, 0.25) is 5.91 Å². The van der Waals surface area contributed by atoms with Gasteiger partial charge in [0, 0.05) is 29.7 Å². The molecule has 22 heavy (non-hydrogen) atoms. The van der Waals surface area contributed by atoms with Crippen molar-refractivity contribution in [1.29, 1.82) is 0 Å². The van der Waals surface area contributed by atoms with Crippen molar-refractivity contribution in [2.45, 2.75) is 38.3 Å². The third-order valence-corrected chi connectivity index (χ3v) is 5.91. The van der Waals surface area contributed by atoms with Crippen LogP contribution in [0.15, 0.2) is 33.8 Å². The predicted molar refractivity (Wildman–Crippen MR) is 88.7 cm³/mol. The number of rotatable bonds is 2. The van der Waals surface area contributed by atoms with Crippen LogP contribution in [0.1, 0.15) is 37.8 Å². The van der Waals surface area contributed by atoms with E-state index in [0.717, 1.165) is 4.47 Å². The summed E-state index contributed by atoms with van der Waals surface area (Å²) in [4.78, 5) is 14.1. The molecule has 3 fully saturated rings. The first kappa shape index (κ1) is 14.4. The smallest absolute Gasteiger partial charge is 0.243 e. The normalized spacial score (nSPS) is 32.8. The highest BCUT2D eigenvalue weighted by molar-refractivity contribution is 9.10. The second-order valence-corrected chi connectivity index (χ2v) is 7.44. The van der Waals surface area contributed by atoms with Crippen LogP contribution in [0.2, 0.25) is 0 Å². The van der Waals surface area contributed by atoms with E-state index in [0.29, 0.717) is 18.4 Å². The van der Waals surface area contributed by atoms with Gasteiger partial charge in [-0.05, 0) is 17.7 Å². The number of benzene rings is 1. The van der Waals surface area contributed by atoms with Crippen LogP contribution in [-0.2, 0) is 4.79 Å². The highest BCUT2D eigenvalue weighted by Gasteiger charge is 2.54. The number of hydrogen-bond donors (Lipinski definition) is 1. The van der Waals surface area contributed by atoms with Crippen molar-refractivity contribution in [3.8, 4) is 0 Å². The highest BCUT2D eigenvalue weighted by Crippen LogP contribution is 2.37. The van der Waals surface area contributed by atoms with Crippen molar-refractivity contribution >= 4 is 27.5 Å². The van der Waals surface area contributed by atoms with Gasteiger partial charge in [-0.25, -0.2) is 5.01 Å². The van der Waals surface area contributed by atoms with Gasteiger partial charge in [-0.1, -0.05) is 35.0 Å². The molecule has 5 rings (SSSR count). The molecule has 0 aliphatic carbocycles. The molecule has 0 spiro atoms. The molecule has 2 atom stereocenters. The highest BCUT2D eigenvalue weighted by atomic mass is 79.9. The molecule has 4 aliphatic rings. The van der Waals surface area contributed by atoms with Crippen LogP contribution in [0.25, 0.3) is 0 Å². The zero-order valence-corrected chi connectivity index (χ0v) is 14.3. The quantitative estimate of drug-likeness (QED) is 0.855. The molecular formula is C17H21BrN3O+. The van der Waals surface area contributed by atoms with Crippen molar-refractivity contribution < 1.29 is 9.69 Å². The van der Waals surface area contributed by atoms with E-state index < -0.39 is 0 Å². The molecule has 5 heteroatoms. The number of amides is 1. The zero-order chi connectivity index (χ0) is 15.3. The van der Waals surface area contributed by atoms with Crippen molar-refractivity contribution in [2.24, 2.45) is 11.0 Å². The lowest BCUT2D eigenvalue weighted by Gasteiger charge is -2.42. The van der Waals surface area contributed by atoms with E-state index in [-0.39, 0.29) is 11.9 Å². The lowest BCUT2D eigenvalue weighted by Crippen LogP contribution is -3.20. The Morgan fingerprint density at radius 1 is 1.32 bits per heavy atom. The zero-order valence-electron chi connectivity index (χ0n) is 12.8. The standard InChI is InChI=1S/C17H20BrN3O/c1-2-14(22)21-16(12-3-5-13(18)6-4-12)17-15(19-21)11-7-9-20(17)10-8-11/h3-6,11,16-17H,2,7-10H2,1H3/p+1/t16-,17+/m0/s1. The van der Waals surface area contributed by atoms with Crippen LogP contribution in [0.5, 0.6) is 0 Å². The predicted octanol–water partition coefficient (Wildman–Crippen LogP) is 1.78. The Balaban J connectivity index is 1.76. The van der Waals surface area contributed by atoms with Crippen molar-refractivity contribution in [2.75, 3.05) is 13.1 Å². The molecule has 1 amide bonds. The summed E-state index contributed by atoms with van der Waals surface area (Å²) in [5.74, 6) is 0.727. The third-order valence-electron chi connectivity index (χ3n) is 5.38. The summed E-state index contributed by atoms with van der Waals surface area (Å²) in [6.07, 6.45) is 2.97.